The molecule has 0 bridgehead atoms. The van der Waals surface area contributed by atoms with Crippen LogP contribution in [0.25, 0.3) is 0 Å². The van der Waals surface area contributed by atoms with E-state index in [2.05, 4.69) is 24.8 Å². The highest BCUT2D eigenvalue weighted by Crippen LogP contribution is 2.37. The maximum absolute atomic E-state index is 9.21. The van der Waals surface area contributed by atoms with Crippen LogP contribution < -0.4 is 0 Å². The van der Waals surface area contributed by atoms with Crippen LogP contribution in [0.4, 0.5) is 0 Å². The Hall–Kier alpha value is -1.54. The van der Waals surface area contributed by atoms with E-state index in [0.29, 0.717) is 6.42 Å². The Kier molecular flexibility index (Phi) is 4.13. The van der Waals surface area contributed by atoms with Gasteiger partial charge in [0.05, 0.1) is 12.1 Å². The number of rotatable bonds is 4. The van der Waals surface area contributed by atoms with Crippen molar-refractivity contribution in [1.29, 1.82) is 10.5 Å². The largest absolute Gasteiger partial charge is 0.196 e. The lowest BCUT2D eigenvalue weighted by Gasteiger charge is -2.24. The van der Waals surface area contributed by atoms with Gasteiger partial charge in [0.1, 0.15) is 0 Å². The molecule has 0 aliphatic heterocycles. The SMILES string of the molecule is C=CCCC(C#N)(C#N)C1=CCCCC1. The molecule has 0 saturated carbocycles. The van der Waals surface area contributed by atoms with Gasteiger partial charge >= 0.3 is 0 Å². The Morgan fingerprint density at radius 3 is 2.60 bits per heavy atom. The highest BCUT2D eigenvalue weighted by molar-refractivity contribution is 5.33. The number of allylic oxidation sites excluding steroid dienone is 3. The van der Waals surface area contributed by atoms with Gasteiger partial charge in [-0.15, -0.1) is 6.58 Å². The molecular weight excluding hydrogens is 184 g/mol. The van der Waals surface area contributed by atoms with E-state index in [-0.39, 0.29) is 0 Å². The van der Waals surface area contributed by atoms with Crippen LogP contribution in [-0.2, 0) is 0 Å². The van der Waals surface area contributed by atoms with Gasteiger partial charge in [-0.1, -0.05) is 12.2 Å². The molecule has 0 aromatic carbocycles. The molecule has 1 rings (SSSR count). The van der Waals surface area contributed by atoms with Gasteiger partial charge in [0, 0.05) is 0 Å². The maximum atomic E-state index is 9.21. The molecule has 0 saturated heterocycles. The predicted octanol–water partition coefficient (Wildman–Crippen LogP) is 3.49. The third-order valence-electron chi connectivity index (χ3n) is 2.94. The summed E-state index contributed by atoms with van der Waals surface area (Å²) in [5.74, 6) is 0. The van der Waals surface area contributed by atoms with E-state index in [1.807, 2.05) is 0 Å². The highest BCUT2D eigenvalue weighted by atomic mass is 14.4. The molecule has 0 N–H and O–H groups in total. The molecule has 0 radical (unpaired) electrons. The molecular formula is C13H16N2. The predicted molar refractivity (Wildman–Crippen MR) is 59.6 cm³/mol. The van der Waals surface area contributed by atoms with Gasteiger partial charge < -0.3 is 0 Å². The smallest absolute Gasteiger partial charge is 0.165 e. The van der Waals surface area contributed by atoms with Crippen LogP contribution in [0.5, 0.6) is 0 Å². The van der Waals surface area contributed by atoms with Crippen LogP contribution in [0, 0.1) is 28.1 Å². The van der Waals surface area contributed by atoms with E-state index >= 15 is 0 Å². The van der Waals surface area contributed by atoms with Crippen LogP contribution in [0.1, 0.15) is 38.5 Å². The zero-order chi connectivity index (χ0) is 11.1. The van der Waals surface area contributed by atoms with Crippen LogP contribution >= 0.6 is 0 Å². The van der Waals surface area contributed by atoms with Gasteiger partial charge in [0.25, 0.3) is 0 Å². The maximum Gasteiger partial charge on any atom is 0.165 e. The van der Waals surface area contributed by atoms with Crippen molar-refractivity contribution in [2.75, 3.05) is 0 Å². The summed E-state index contributed by atoms with van der Waals surface area (Å²) in [6.45, 7) is 3.64. The molecule has 0 heterocycles. The number of nitrogens with zero attached hydrogens (tertiary/aromatic N) is 2. The van der Waals surface area contributed by atoms with E-state index in [1.165, 1.54) is 6.42 Å². The molecule has 2 heteroatoms. The average molecular weight is 200 g/mol. The van der Waals surface area contributed by atoms with Crippen molar-refractivity contribution in [2.45, 2.75) is 38.5 Å². The molecule has 0 spiro atoms. The van der Waals surface area contributed by atoms with Gasteiger partial charge in [0.2, 0.25) is 0 Å². The third-order valence-corrected chi connectivity index (χ3v) is 2.94. The quantitative estimate of drug-likeness (QED) is 0.652. The van der Waals surface area contributed by atoms with Crippen LogP contribution in [0.3, 0.4) is 0 Å². The molecule has 0 aromatic rings. The highest BCUT2D eigenvalue weighted by Gasteiger charge is 2.34. The first-order chi connectivity index (χ1) is 7.29. The van der Waals surface area contributed by atoms with E-state index in [1.54, 1.807) is 6.08 Å². The monoisotopic (exact) mass is 200 g/mol. The van der Waals surface area contributed by atoms with Crippen molar-refractivity contribution in [3.8, 4) is 12.1 Å². The minimum Gasteiger partial charge on any atom is -0.196 e. The first-order valence-electron chi connectivity index (χ1n) is 5.42. The van der Waals surface area contributed by atoms with Crippen LogP contribution in [0.2, 0.25) is 0 Å². The molecule has 1 aliphatic carbocycles. The molecule has 0 amide bonds. The lowest BCUT2D eigenvalue weighted by atomic mass is 9.74. The van der Waals surface area contributed by atoms with E-state index in [9.17, 15) is 10.5 Å². The Morgan fingerprint density at radius 2 is 2.13 bits per heavy atom. The summed E-state index contributed by atoms with van der Waals surface area (Å²) in [4.78, 5) is 0. The van der Waals surface area contributed by atoms with Crippen molar-refractivity contribution in [2.24, 2.45) is 5.41 Å². The number of hydrogen-bond acceptors (Lipinski definition) is 2. The fourth-order valence-corrected chi connectivity index (χ4v) is 1.99. The van der Waals surface area contributed by atoms with Gasteiger partial charge in [0.15, 0.2) is 5.41 Å². The standard InChI is InChI=1S/C13H16N2/c1-2-3-9-13(10-14,11-15)12-7-5-4-6-8-12/h2,7H,1,3-6,8-9H2. The lowest BCUT2D eigenvalue weighted by molar-refractivity contribution is 0.513. The first-order valence-corrected chi connectivity index (χ1v) is 5.42. The van der Waals surface area contributed by atoms with E-state index in [4.69, 9.17) is 0 Å². The Labute approximate surface area is 91.5 Å². The van der Waals surface area contributed by atoms with Crippen molar-refractivity contribution in [1.82, 2.24) is 0 Å². The summed E-state index contributed by atoms with van der Waals surface area (Å²) in [7, 11) is 0. The fraction of sp³-hybridized carbons (Fsp3) is 0.538. The number of nitriles is 2. The summed E-state index contributed by atoms with van der Waals surface area (Å²) in [6, 6.07) is 4.39. The summed E-state index contributed by atoms with van der Waals surface area (Å²) in [6.07, 6.45) is 9.34. The fourth-order valence-electron chi connectivity index (χ4n) is 1.99. The Morgan fingerprint density at radius 1 is 1.40 bits per heavy atom. The molecule has 0 aromatic heterocycles. The summed E-state index contributed by atoms with van der Waals surface area (Å²) >= 11 is 0. The molecule has 0 fully saturated rings. The van der Waals surface area contributed by atoms with Gasteiger partial charge in [-0.2, -0.15) is 10.5 Å². The number of hydrogen-bond donors (Lipinski definition) is 0. The zero-order valence-electron chi connectivity index (χ0n) is 9.00. The van der Waals surface area contributed by atoms with Gasteiger partial charge in [-0.05, 0) is 44.1 Å². The van der Waals surface area contributed by atoms with Gasteiger partial charge in [-0.25, -0.2) is 0 Å². The third kappa shape index (κ3) is 2.48. The average Bonchev–Trinajstić information content (AvgIpc) is 2.33. The summed E-state index contributed by atoms with van der Waals surface area (Å²) < 4.78 is 0. The minimum atomic E-state index is -0.894. The summed E-state index contributed by atoms with van der Waals surface area (Å²) in [5, 5.41) is 18.4. The molecule has 15 heavy (non-hydrogen) atoms. The van der Waals surface area contributed by atoms with Gasteiger partial charge in [-0.3, -0.25) is 0 Å². The normalized spacial score (nSPS) is 16.0. The molecule has 2 nitrogen and oxygen atoms in total. The molecule has 78 valence electrons. The second kappa shape index (κ2) is 5.37. The molecule has 0 unspecified atom stereocenters. The van der Waals surface area contributed by atoms with Crippen LogP contribution in [0.15, 0.2) is 24.3 Å². The van der Waals surface area contributed by atoms with Crippen LogP contribution in [-0.4, -0.2) is 0 Å². The summed E-state index contributed by atoms with van der Waals surface area (Å²) in [5.41, 5.74) is 0.134. The molecule has 0 atom stereocenters. The topological polar surface area (TPSA) is 47.6 Å². The Bertz CT molecular complexity index is 325. The van der Waals surface area contributed by atoms with Crippen molar-refractivity contribution in [3.63, 3.8) is 0 Å². The van der Waals surface area contributed by atoms with E-state index < -0.39 is 5.41 Å². The molecule has 1 aliphatic rings. The van der Waals surface area contributed by atoms with Crippen molar-refractivity contribution in [3.05, 3.63) is 24.3 Å². The van der Waals surface area contributed by atoms with E-state index in [0.717, 1.165) is 31.3 Å². The lowest BCUT2D eigenvalue weighted by Crippen LogP contribution is -2.20. The zero-order valence-corrected chi connectivity index (χ0v) is 9.00. The minimum absolute atomic E-state index is 0.579. The first kappa shape index (κ1) is 11.5. The second-order valence-electron chi connectivity index (χ2n) is 3.93. The van der Waals surface area contributed by atoms with Crippen molar-refractivity contribution >= 4 is 0 Å². The second-order valence-corrected chi connectivity index (χ2v) is 3.93. The Balaban J connectivity index is 2.90. The van der Waals surface area contributed by atoms with Crippen molar-refractivity contribution < 1.29 is 0 Å².